The van der Waals surface area contributed by atoms with E-state index in [-0.39, 0.29) is 78.6 Å². The van der Waals surface area contributed by atoms with Crippen LogP contribution < -0.4 is 20.1 Å². The Labute approximate surface area is 271 Å². The second-order valence-electron chi connectivity index (χ2n) is 13.1. The quantitative estimate of drug-likeness (QED) is 0.271. The number of ether oxygens (including phenoxy) is 2. The molecule has 3 N–H and O–H groups in total. The Morgan fingerprint density at radius 3 is 2.83 bits per heavy atom. The maximum absolute atomic E-state index is 17.1. The fraction of sp³-hybridized carbons (Fsp3) is 0.469. The number of nitriles is 1. The van der Waals surface area contributed by atoms with Crippen molar-refractivity contribution < 1.29 is 27.8 Å². The molecule has 4 aliphatic rings. The van der Waals surface area contributed by atoms with Gasteiger partial charge in [0.15, 0.2) is 11.6 Å². The molecule has 2 aromatic carbocycles. The Bertz CT molecular complexity index is 1980. The molecule has 0 bridgehead atoms. The van der Waals surface area contributed by atoms with Crippen LogP contribution in [0.1, 0.15) is 37.7 Å². The monoisotopic (exact) mass is 670 g/mol. The van der Waals surface area contributed by atoms with E-state index in [1.165, 1.54) is 12.1 Å². The topological polar surface area (TPSA) is 121 Å². The third-order valence-corrected chi connectivity index (χ3v) is 11.5. The lowest BCUT2D eigenvalue weighted by Crippen LogP contribution is -2.56. The van der Waals surface area contributed by atoms with Gasteiger partial charge in [-0.15, -0.1) is 11.3 Å². The van der Waals surface area contributed by atoms with Gasteiger partial charge in [-0.1, -0.05) is 17.7 Å². The normalized spacial score (nSPS) is 27.1. The van der Waals surface area contributed by atoms with Gasteiger partial charge < -0.3 is 25.2 Å². The van der Waals surface area contributed by atoms with Gasteiger partial charge in [0.2, 0.25) is 0 Å². The van der Waals surface area contributed by atoms with Gasteiger partial charge in [0, 0.05) is 37.6 Å². The third-order valence-electron chi connectivity index (χ3n) is 10.2. The van der Waals surface area contributed by atoms with E-state index >= 15 is 4.39 Å². The molecule has 0 unspecified atom stereocenters. The standard InChI is InChI=1S/C32H30ClF3N6O3S/c1-41-13-32(7-15(8-32)12-43)45-26-22-25(39-30(40-29(22)41)44-14-31-5-2-6-42(31)11-16(34)9-31)24(36)21(23(26)33)17-3-4-19(35)27-20(17)18(10-37)28(38)46-27/h3-4,15-16,43H,2,5-9,11-14,38H2,1H3/t15?,16-,31+,32?/m1/s1. The van der Waals surface area contributed by atoms with E-state index in [4.69, 9.17) is 31.8 Å². The highest BCUT2D eigenvalue weighted by Crippen LogP contribution is 2.54. The number of nitrogens with two attached hydrogens (primary N) is 1. The van der Waals surface area contributed by atoms with Crippen LogP contribution in [0.3, 0.4) is 0 Å². The predicted molar refractivity (Wildman–Crippen MR) is 169 cm³/mol. The Kier molecular flexibility index (Phi) is 6.78. The highest BCUT2D eigenvalue weighted by molar-refractivity contribution is 7.23. The summed E-state index contributed by atoms with van der Waals surface area (Å²) in [6.45, 7) is 1.66. The van der Waals surface area contributed by atoms with Crippen molar-refractivity contribution in [3.63, 3.8) is 0 Å². The number of anilines is 2. The van der Waals surface area contributed by atoms with Crippen LogP contribution in [0.5, 0.6) is 11.8 Å². The number of nitrogen functional groups attached to an aromatic ring is 1. The first-order chi connectivity index (χ1) is 22.1. The molecule has 1 saturated carbocycles. The minimum absolute atomic E-state index is 0.0000413. The van der Waals surface area contributed by atoms with E-state index in [0.717, 1.165) is 30.7 Å². The maximum atomic E-state index is 17.1. The van der Waals surface area contributed by atoms with E-state index in [1.54, 1.807) is 0 Å². The molecule has 5 heterocycles. The van der Waals surface area contributed by atoms with E-state index in [9.17, 15) is 19.1 Å². The summed E-state index contributed by atoms with van der Waals surface area (Å²) in [6.07, 6.45) is 2.18. The Hall–Kier alpha value is -3.57. The molecule has 4 aromatic rings. The van der Waals surface area contributed by atoms with Crippen LogP contribution in [0.25, 0.3) is 32.1 Å². The van der Waals surface area contributed by atoms with Crippen LogP contribution in [0.2, 0.25) is 5.02 Å². The predicted octanol–water partition coefficient (Wildman–Crippen LogP) is 5.82. The average Bonchev–Trinajstić information content (AvgIpc) is 3.63. The molecule has 8 rings (SSSR count). The summed E-state index contributed by atoms with van der Waals surface area (Å²) in [5.41, 5.74) is 4.82. The number of aliphatic hydroxyl groups is 1. The molecule has 2 atom stereocenters. The van der Waals surface area contributed by atoms with Crippen molar-refractivity contribution in [2.45, 2.75) is 49.4 Å². The molecule has 2 aromatic heterocycles. The molecule has 1 aliphatic carbocycles. The molecule has 1 spiro atoms. The van der Waals surface area contributed by atoms with Crippen LogP contribution in [-0.2, 0) is 0 Å². The van der Waals surface area contributed by atoms with Crippen LogP contribution in [-0.4, -0.2) is 77.2 Å². The van der Waals surface area contributed by atoms with Gasteiger partial charge >= 0.3 is 6.01 Å². The molecule has 2 saturated heterocycles. The lowest BCUT2D eigenvalue weighted by molar-refractivity contribution is -0.0571. The zero-order valence-corrected chi connectivity index (χ0v) is 26.5. The summed E-state index contributed by atoms with van der Waals surface area (Å²) in [5, 5.41) is 20.2. The maximum Gasteiger partial charge on any atom is 0.319 e. The summed E-state index contributed by atoms with van der Waals surface area (Å²) in [4.78, 5) is 13.2. The van der Waals surface area contributed by atoms with Crippen molar-refractivity contribution in [2.75, 3.05) is 50.5 Å². The first-order valence-electron chi connectivity index (χ1n) is 15.2. The van der Waals surface area contributed by atoms with E-state index < -0.39 is 28.9 Å². The zero-order valence-electron chi connectivity index (χ0n) is 24.9. The van der Waals surface area contributed by atoms with Crippen molar-refractivity contribution in [1.82, 2.24) is 14.9 Å². The number of alkyl halides is 1. The molecule has 3 aliphatic heterocycles. The minimum Gasteiger partial charge on any atom is -0.483 e. The molecule has 9 nitrogen and oxygen atoms in total. The summed E-state index contributed by atoms with van der Waals surface area (Å²) < 4.78 is 59.5. The summed E-state index contributed by atoms with van der Waals surface area (Å²) >= 11 is 7.97. The second kappa shape index (κ2) is 10.5. The number of benzene rings is 2. The fourth-order valence-corrected chi connectivity index (χ4v) is 9.42. The first kappa shape index (κ1) is 29.8. The summed E-state index contributed by atoms with van der Waals surface area (Å²) in [6, 6.07) is 4.51. The number of nitrogens with zero attached hydrogens (tertiary/aromatic N) is 5. The van der Waals surface area contributed by atoms with Crippen molar-refractivity contribution in [3.05, 3.63) is 34.4 Å². The molecule has 0 amide bonds. The number of hydrogen-bond acceptors (Lipinski definition) is 10. The number of rotatable bonds is 5. The van der Waals surface area contributed by atoms with Gasteiger partial charge in [0.1, 0.15) is 46.6 Å². The Balaban J connectivity index is 1.34. The molecule has 0 radical (unpaired) electrons. The minimum atomic E-state index is -0.947. The number of aliphatic hydroxyl groups excluding tert-OH is 1. The number of hydrogen-bond donors (Lipinski definition) is 2. The summed E-state index contributed by atoms with van der Waals surface area (Å²) in [7, 11) is 1.82. The molecule has 3 fully saturated rings. The van der Waals surface area contributed by atoms with E-state index in [1.807, 2.05) is 18.0 Å². The third kappa shape index (κ3) is 4.26. The summed E-state index contributed by atoms with van der Waals surface area (Å²) in [5.74, 6) is -0.886. The highest BCUT2D eigenvalue weighted by Gasteiger charge is 2.51. The van der Waals surface area contributed by atoms with Crippen LogP contribution in [0.15, 0.2) is 12.1 Å². The van der Waals surface area contributed by atoms with Crippen LogP contribution in [0, 0.1) is 28.9 Å². The highest BCUT2D eigenvalue weighted by atomic mass is 35.5. The average molecular weight is 671 g/mol. The van der Waals surface area contributed by atoms with Gasteiger partial charge in [-0.3, -0.25) is 4.90 Å². The molecule has 46 heavy (non-hydrogen) atoms. The largest absolute Gasteiger partial charge is 0.483 e. The molecular formula is C32H30ClF3N6O3S. The second-order valence-corrected chi connectivity index (χ2v) is 14.5. The first-order valence-corrected chi connectivity index (χ1v) is 16.4. The van der Waals surface area contributed by atoms with E-state index in [2.05, 4.69) is 9.88 Å². The van der Waals surface area contributed by atoms with Crippen LogP contribution >= 0.6 is 22.9 Å². The van der Waals surface area contributed by atoms with Crippen molar-refractivity contribution in [1.29, 1.82) is 5.26 Å². The number of halogens is 4. The molecular weight excluding hydrogens is 641 g/mol. The van der Waals surface area contributed by atoms with Crippen molar-refractivity contribution in [3.8, 4) is 29.0 Å². The van der Waals surface area contributed by atoms with Gasteiger partial charge in [-0.25, -0.2) is 13.2 Å². The lowest BCUT2D eigenvalue weighted by Gasteiger charge is -2.47. The van der Waals surface area contributed by atoms with Gasteiger partial charge in [-0.05, 0) is 49.8 Å². The number of thiophene rings is 1. The van der Waals surface area contributed by atoms with Crippen LogP contribution in [0.4, 0.5) is 24.0 Å². The Morgan fingerprint density at radius 2 is 2.07 bits per heavy atom. The molecule has 240 valence electrons. The molecule has 14 heteroatoms. The van der Waals surface area contributed by atoms with Gasteiger partial charge in [-0.2, -0.15) is 15.2 Å². The zero-order chi connectivity index (χ0) is 32.1. The number of likely N-dealkylation sites (N-methyl/N-ethyl adjacent to an activating group) is 1. The number of fused-ring (bicyclic) bond motifs is 2. The van der Waals surface area contributed by atoms with Gasteiger partial charge in [0.05, 0.1) is 32.8 Å². The smallest absolute Gasteiger partial charge is 0.319 e. The van der Waals surface area contributed by atoms with E-state index in [0.29, 0.717) is 38.2 Å². The fourth-order valence-electron chi connectivity index (χ4n) is 8.15. The van der Waals surface area contributed by atoms with Crippen molar-refractivity contribution >= 4 is 54.7 Å². The SMILES string of the molecule is CN1CC2(CC(CO)C2)Oc2c(Cl)c(-c3ccc(F)c4sc(N)c(C#N)c34)c(F)c3nc(OC[C@@]45CCCN4C[C@H](F)C5)nc1c23. The van der Waals surface area contributed by atoms with Crippen molar-refractivity contribution in [2.24, 2.45) is 5.92 Å². The van der Waals surface area contributed by atoms with Gasteiger partial charge in [0.25, 0.3) is 0 Å². The lowest BCUT2D eigenvalue weighted by atomic mass is 9.71. The Morgan fingerprint density at radius 1 is 1.26 bits per heavy atom. The number of aromatic nitrogens is 2.